The number of hydrogen-bond acceptors (Lipinski definition) is 18. The number of methoxy groups -OCH3 is 9. The molecule has 0 bridgehead atoms. The molecule has 0 aliphatic rings. The zero-order valence-electron chi connectivity index (χ0n) is 52.6. The van der Waals surface area contributed by atoms with E-state index < -0.39 is 0 Å². The van der Waals surface area contributed by atoms with Gasteiger partial charge in [0.1, 0.15) is 0 Å². The Morgan fingerprint density at radius 1 is 0.329 bits per heavy atom. The van der Waals surface area contributed by atoms with Crippen LogP contribution in [0.15, 0.2) is 97.1 Å². The van der Waals surface area contributed by atoms with Crippen LogP contribution in [0.2, 0.25) is 0 Å². The van der Waals surface area contributed by atoms with Crippen molar-refractivity contribution in [3.05, 3.63) is 153 Å². The van der Waals surface area contributed by atoms with Gasteiger partial charge in [-0.3, -0.25) is 0 Å². The molecule has 0 aromatic heterocycles. The van der Waals surface area contributed by atoms with Crippen LogP contribution in [-0.2, 0) is 19.3 Å². The number of rotatable bonds is 17. The van der Waals surface area contributed by atoms with Gasteiger partial charge in [-0.25, -0.2) is 0 Å². The molecule has 7 aromatic carbocycles. The number of phenols is 7. The van der Waals surface area contributed by atoms with Gasteiger partial charge in [-0.2, -0.15) is 0 Å². The molecule has 7 aromatic rings. The molecule has 0 radical (unpaired) electrons. The van der Waals surface area contributed by atoms with Crippen molar-refractivity contribution in [2.24, 2.45) is 0 Å². The maximum Gasteiger partial charge on any atom is 0.200 e. The minimum absolute atomic E-state index is 0.0394. The van der Waals surface area contributed by atoms with E-state index in [0.717, 1.165) is 88.6 Å². The smallest absolute Gasteiger partial charge is 0.200 e. The van der Waals surface area contributed by atoms with Gasteiger partial charge in [0.05, 0.1) is 64.0 Å². The minimum atomic E-state index is 0.0394. The van der Waals surface area contributed by atoms with Crippen LogP contribution in [0.4, 0.5) is 0 Å². The summed E-state index contributed by atoms with van der Waals surface area (Å²) in [4.78, 5) is 0. The van der Waals surface area contributed by atoms with Crippen LogP contribution in [0, 0.1) is 48.5 Å². The highest BCUT2D eigenvalue weighted by Gasteiger charge is 2.15. The number of phenolic OH excluding ortho intramolecular Hbond substituents is 7. The molecular weight excluding hydrogens is 1090 g/mol. The summed E-state index contributed by atoms with van der Waals surface area (Å²) in [7, 11) is 13.7. The van der Waals surface area contributed by atoms with Gasteiger partial charge in [0.15, 0.2) is 80.5 Å². The normalized spacial score (nSPS) is 9.82. The lowest BCUT2D eigenvalue weighted by atomic mass is 9.99. The van der Waals surface area contributed by atoms with Gasteiger partial charge in [-0.1, -0.05) is 55.8 Å². The summed E-state index contributed by atoms with van der Waals surface area (Å²) in [5, 5.41) is 83.5. The Bertz CT molecular complexity index is 3040. The molecule has 468 valence electrons. The van der Waals surface area contributed by atoms with E-state index in [1.807, 2.05) is 72.7 Å². The summed E-state index contributed by atoms with van der Waals surface area (Å²) in [6, 6.07) is 28.3. The minimum Gasteiger partial charge on any atom is -0.504 e. The van der Waals surface area contributed by atoms with Crippen LogP contribution < -0.4 is 42.6 Å². The largest absolute Gasteiger partial charge is 0.504 e. The second-order valence-corrected chi connectivity index (χ2v) is 19.0. The molecule has 0 unspecified atom stereocenters. The third kappa shape index (κ3) is 23.8. The first-order valence-electron chi connectivity index (χ1n) is 27.3. The van der Waals surface area contributed by atoms with Crippen LogP contribution in [0.1, 0.15) is 81.8 Å². The van der Waals surface area contributed by atoms with Crippen molar-refractivity contribution in [3.8, 4) is 92.0 Å². The molecule has 18 heteroatoms. The van der Waals surface area contributed by atoms with Gasteiger partial charge in [-0.15, -0.1) is 0 Å². The Balaban J connectivity index is 0.000000499. The zero-order chi connectivity index (χ0) is 64.3. The lowest BCUT2D eigenvalue weighted by molar-refractivity contribution is 0.288. The maximum atomic E-state index is 9.75. The summed E-state index contributed by atoms with van der Waals surface area (Å²) in [6.45, 7) is 15.9. The average molecular weight is 1190 g/mol. The second kappa shape index (κ2) is 39.7. The van der Waals surface area contributed by atoms with Crippen molar-refractivity contribution in [2.75, 3.05) is 77.2 Å². The van der Waals surface area contributed by atoms with Crippen LogP contribution in [0.25, 0.3) is 0 Å². The van der Waals surface area contributed by atoms with Crippen LogP contribution in [0.3, 0.4) is 0 Å². The van der Waals surface area contributed by atoms with Crippen molar-refractivity contribution in [1.29, 1.82) is 0 Å². The van der Waals surface area contributed by atoms with Gasteiger partial charge in [0.2, 0.25) is 11.5 Å². The summed E-state index contributed by atoms with van der Waals surface area (Å²) in [5.41, 5.74) is 10.0. The fourth-order valence-corrected chi connectivity index (χ4v) is 8.11. The Hall–Kier alpha value is -8.74. The standard InChI is InChI=1S/C12H18O3.C12H18O2.C11H16O3.C9H12O3.C8H10O3.C8H10O2.C7H8O2/c1-8-7-10(5-4-6-13)9(2)12(15-3)11(8)14;1-5-6-10-7-8(2)11(13)12(14-4)9(10)3;1-8-6-9(4-3-5-12)7-10(14-2)11(8)13;1-6-4-7(11-2)9(10)8(5-6)12-3;1-10-6-4-3-5-7(11-2)8(6)9;1-6-3-4-7(9)8(5-6)10-2;1-9-7-5-3-2-4-6(7)8/h7,13-14H,4-6H2,1-3H3;7,13H,5-6H2,1-4H3;6-7,12-13H,3-5H2,1-2H3;4-5,10H,1-3H3;3-5,9H,1-2H3;3-5,9H,1-2H3;2-5,8H,1H3. The van der Waals surface area contributed by atoms with Gasteiger partial charge < -0.3 is 88.6 Å². The number of hydrogen-bond donors (Lipinski definition) is 9. The van der Waals surface area contributed by atoms with Crippen molar-refractivity contribution in [1.82, 2.24) is 0 Å². The van der Waals surface area contributed by atoms with Gasteiger partial charge >= 0.3 is 0 Å². The van der Waals surface area contributed by atoms with E-state index in [4.69, 9.17) is 63.1 Å². The van der Waals surface area contributed by atoms with Crippen LogP contribution in [-0.4, -0.2) is 123 Å². The first-order chi connectivity index (χ1) is 40.5. The van der Waals surface area contributed by atoms with E-state index in [9.17, 15) is 25.5 Å². The summed E-state index contributed by atoms with van der Waals surface area (Å²) in [6.07, 6.45) is 5.20. The fraction of sp³-hybridized carbons (Fsp3) is 0.373. The zero-order valence-corrected chi connectivity index (χ0v) is 52.6. The highest BCUT2D eigenvalue weighted by molar-refractivity contribution is 5.56. The molecule has 0 aliphatic carbocycles. The molecule has 18 nitrogen and oxygen atoms in total. The lowest BCUT2D eigenvalue weighted by Crippen LogP contribution is -1.98. The molecule has 0 spiro atoms. The molecule has 0 saturated carbocycles. The molecule has 7 rings (SSSR count). The van der Waals surface area contributed by atoms with Gasteiger partial charge in [0, 0.05) is 13.2 Å². The molecule has 0 amide bonds. The summed E-state index contributed by atoms with van der Waals surface area (Å²) >= 11 is 0. The highest BCUT2D eigenvalue weighted by Crippen LogP contribution is 2.39. The number of aliphatic hydroxyl groups excluding tert-OH is 2. The van der Waals surface area contributed by atoms with Crippen molar-refractivity contribution < 1.29 is 88.6 Å². The highest BCUT2D eigenvalue weighted by atomic mass is 16.5. The fourth-order valence-electron chi connectivity index (χ4n) is 8.11. The van der Waals surface area contributed by atoms with Crippen molar-refractivity contribution >= 4 is 0 Å². The van der Waals surface area contributed by atoms with E-state index in [0.29, 0.717) is 51.7 Å². The molecule has 85 heavy (non-hydrogen) atoms. The van der Waals surface area contributed by atoms with Gasteiger partial charge in [0.25, 0.3) is 0 Å². The number of para-hydroxylation sites is 3. The Morgan fingerprint density at radius 2 is 0.718 bits per heavy atom. The Kier molecular flexibility index (Phi) is 34.7. The van der Waals surface area contributed by atoms with E-state index in [1.165, 1.54) is 55.3 Å². The lowest BCUT2D eigenvalue weighted by Gasteiger charge is -2.14. The SMILES string of the molecule is CCCc1cc(C)c(O)c(OC)c1C.COc1c(C)c(CCCO)cc(C)c1O.COc1cc(C)cc(OC)c1O.COc1cc(C)ccc1O.COc1cc(CCCO)cc(C)c1O.COc1cccc(OC)c1O.COc1ccccc1O. The third-order valence-electron chi connectivity index (χ3n) is 12.8. The molecular formula is C67H92O18. The number of aromatic hydroxyl groups is 7. The van der Waals surface area contributed by atoms with E-state index >= 15 is 0 Å². The second-order valence-electron chi connectivity index (χ2n) is 19.0. The third-order valence-corrected chi connectivity index (χ3v) is 12.8. The predicted molar refractivity (Wildman–Crippen MR) is 334 cm³/mol. The number of ether oxygens (including phenoxy) is 9. The predicted octanol–water partition coefficient (Wildman–Crippen LogP) is 12.8. The molecule has 0 heterocycles. The number of aliphatic hydroxyl groups is 2. The summed E-state index contributed by atoms with van der Waals surface area (Å²) in [5.74, 6) is 5.54. The molecule has 0 fully saturated rings. The van der Waals surface area contributed by atoms with E-state index in [-0.39, 0.29) is 53.5 Å². The number of benzene rings is 7. The van der Waals surface area contributed by atoms with E-state index in [1.54, 1.807) is 87.0 Å². The molecule has 0 saturated heterocycles. The molecule has 9 N–H and O–H groups in total. The number of aryl methyl sites for hydroxylation is 8. The van der Waals surface area contributed by atoms with Gasteiger partial charge in [-0.05, 0) is 191 Å². The first kappa shape index (κ1) is 74.3. The maximum absolute atomic E-state index is 9.75. The van der Waals surface area contributed by atoms with Crippen molar-refractivity contribution in [3.63, 3.8) is 0 Å². The quantitative estimate of drug-likeness (QED) is 0.0410. The topological polar surface area (TPSA) is 265 Å². The Morgan fingerprint density at radius 3 is 1.13 bits per heavy atom. The molecule has 0 aliphatic heterocycles. The monoisotopic (exact) mass is 1180 g/mol. The Labute approximate surface area is 502 Å². The molecule has 0 atom stereocenters. The van der Waals surface area contributed by atoms with Crippen molar-refractivity contribution in [2.45, 2.75) is 93.9 Å². The van der Waals surface area contributed by atoms with Crippen LogP contribution >= 0.6 is 0 Å². The average Bonchev–Trinajstić information content (AvgIpc) is 3.71. The summed E-state index contributed by atoms with van der Waals surface area (Å²) < 4.78 is 44.7. The van der Waals surface area contributed by atoms with Crippen LogP contribution in [0.5, 0.6) is 92.0 Å². The first-order valence-corrected chi connectivity index (χ1v) is 27.3. The van der Waals surface area contributed by atoms with E-state index in [2.05, 4.69) is 6.92 Å².